The standard InChI is InChI=1S/C50H80N8O15/c1-5-27(2)23-28(3)13-10-8-6-7-9-11-15-38(65)53-33-14-12-21-52-48(71)42-35(62)20-22-57(42)50(73)40(36(63)25-37(51)64)55-47(70)41(44(67)43(66)30-16-18-31(60)19-17-30)56-46(69)34-24-32(61)26-58(34)49(72)39(29(4)59)54-45(33)68/h16-19,27-29,32-36,39-44,59-63,66-67H,5-15,20-26H2,1-4H3,(H2,51,64)(H,52,71)(H,53,65)(H,54,68)(H,55,70)(H,56,69)/t27?,28?,29-,32-,33+,34+,35+,36-,39+,40+,41+,42+,43+,44+/m1/s1. The number of phenolic OH excluding ortho intramolecular Hbond substituents is 1. The third-order valence-corrected chi connectivity index (χ3v) is 14.1. The first-order valence-electron chi connectivity index (χ1n) is 25.8. The Hall–Kier alpha value is -5.46. The molecule has 0 saturated carbocycles. The number of carbonyl (C=O) groups excluding carboxylic acids is 8. The summed E-state index contributed by atoms with van der Waals surface area (Å²) in [6, 6.07) is -6.07. The van der Waals surface area contributed by atoms with E-state index in [1.165, 1.54) is 38.3 Å². The summed E-state index contributed by atoms with van der Waals surface area (Å²) in [6.45, 7) is 6.97. The molecule has 410 valence electrons. The number of benzene rings is 1. The molecule has 23 heteroatoms. The van der Waals surface area contributed by atoms with E-state index in [9.17, 15) is 74.1 Å². The predicted octanol–water partition coefficient (Wildman–Crippen LogP) is -1.63. The molecule has 8 amide bonds. The van der Waals surface area contributed by atoms with Crippen LogP contribution in [0.5, 0.6) is 5.75 Å². The van der Waals surface area contributed by atoms with Crippen molar-refractivity contribution in [2.45, 2.75) is 197 Å². The van der Waals surface area contributed by atoms with Crippen LogP contribution in [0.25, 0.3) is 0 Å². The summed E-state index contributed by atoms with van der Waals surface area (Å²) in [4.78, 5) is 112. The maximum atomic E-state index is 14.3. The van der Waals surface area contributed by atoms with Crippen molar-refractivity contribution in [3.63, 3.8) is 0 Å². The summed E-state index contributed by atoms with van der Waals surface area (Å²) in [5.41, 5.74) is 5.27. The molecular formula is C50H80N8O15. The lowest BCUT2D eigenvalue weighted by molar-refractivity contribution is -0.148. The molecule has 14 N–H and O–H groups in total. The number of aliphatic hydroxyl groups is 6. The van der Waals surface area contributed by atoms with E-state index >= 15 is 0 Å². The minimum absolute atomic E-state index is 0.0143. The van der Waals surface area contributed by atoms with Crippen LogP contribution in [-0.4, -0.2) is 179 Å². The number of hydrogen-bond donors (Lipinski definition) is 13. The van der Waals surface area contributed by atoms with Gasteiger partial charge in [0, 0.05) is 32.5 Å². The maximum absolute atomic E-state index is 14.3. The molecule has 2 unspecified atom stereocenters. The van der Waals surface area contributed by atoms with Gasteiger partial charge in [-0.3, -0.25) is 38.4 Å². The lowest BCUT2D eigenvalue weighted by Gasteiger charge is -2.34. The van der Waals surface area contributed by atoms with Crippen LogP contribution in [0.2, 0.25) is 0 Å². The monoisotopic (exact) mass is 1030 g/mol. The number of nitrogens with one attached hydrogen (secondary N) is 5. The minimum Gasteiger partial charge on any atom is -0.508 e. The Morgan fingerprint density at radius 1 is 0.767 bits per heavy atom. The van der Waals surface area contributed by atoms with Crippen LogP contribution >= 0.6 is 0 Å². The highest BCUT2D eigenvalue weighted by Crippen LogP contribution is 2.26. The van der Waals surface area contributed by atoms with E-state index in [0.717, 1.165) is 54.0 Å². The number of nitrogens with zero attached hydrogens (tertiary/aromatic N) is 2. The van der Waals surface area contributed by atoms with Gasteiger partial charge in [-0.25, -0.2) is 0 Å². The first-order chi connectivity index (χ1) is 34.5. The SMILES string of the molecule is CCC(C)CC(C)CCCCCCCCC(=O)N[C@H]1CCCNC(=O)[C@@H]2[C@@H](O)CCN2C(=O)[C@H]([C@H](O)CC(N)=O)NC(=O)[C@H]([C@H](O)[C@@H](O)c2ccc(O)cc2)NC(=O)[C@@H]2C[C@@H](O)CN2C(=O)[C@H]([C@@H](C)O)NC1=O. The second-order valence-electron chi connectivity index (χ2n) is 20.3. The van der Waals surface area contributed by atoms with Crippen LogP contribution in [0, 0.1) is 11.8 Å². The van der Waals surface area contributed by atoms with Crippen LogP contribution in [0.3, 0.4) is 0 Å². The van der Waals surface area contributed by atoms with Gasteiger partial charge in [0.05, 0.1) is 30.8 Å². The molecule has 23 nitrogen and oxygen atoms in total. The fraction of sp³-hybridized carbons (Fsp3) is 0.720. The van der Waals surface area contributed by atoms with Crippen molar-refractivity contribution in [3.05, 3.63) is 29.8 Å². The van der Waals surface area contributed by atoms with Gasteiger partial charge in [-0.1, -0.05) is 77.8 Å². The number of rotatable bonds is 20. The summed E-state index contributed by atoms with van der Waals surface area (Å²) >= 11 is 0. The van der Waals surface area contributed by atoms with Gasteiger partial charge in [0.25, 0.3) is 0 Å². The molecule has 0 radical (unpaired) electrons. The van der Waals surface area contributed by atoms with Gasteiger partial charge in [-0.15, -0.1) is 0 Å². The number of unbranched alkanes of at least 4 members (excludes halogenated alkanes) is 5. The van der Waals surface area contributed by atoms with Gasteiger partial charge in [-0.05, 0) is 68.6 Å². The highest BCUT2D eigenvalue weighted by Gasteiger charge is 2.48. The van der Waals surface area contributed by atoms with Crippen molar-refractivity contribution in [2.75, 3.05) is 19.6 Å². The zero-order valence-corrected chi connectivity index (χ0v) is 42.5. The Morgan fingerprint density at radius 2 is 1.38 bits per heavy atom. The summed E-state index contributed by atoms with van der Waals surface area (Å²) in [6.07, 6.45) is -3.42. The van der Waals surface area contributed by atoms with Crippen molar-refractivity contribution >= 4 is 47.3 Å². The highest BCUT2D eigenvalue weighted by atomic mass is 16.3. The van der Waals surface area contributed by atoms with Crippen LogP contribution in [-0.2, 0) is 38.4 Å². The van der Waals surface area contributed by atoms with E-state index in [-0.39, 0.29) is 50.1 Å². The van der Waals surface area contributed by atoms with Gasteiger partial charge >= 0.3 is 0 Å². The minimum atomic E-state index is -2.30. The van der Waals surface area contributed by atoms with Gasteiger partial charge in [-0.2, -0.15) is 0 Å². The molecule has 0 bridgehead atoms. The van der Waals surface area contributed by atoms with Crippen LogP contribution in [0.1, 0.15) is 136 Å². The Balaban J connectivity index is 1.64. The second-order valence-corrected chi connectivity index (χ2v) is 20.3. The first-order valence-corrected chi connectivity index (χ1v) is 25.8. The van der Waals surface area contributed by atoms with Crippen LogP contribution < -0.4 is 32.3 Å². The van der Waals surface area contributed by atoms with Crippen molar-refractivity contribution in [1.29, 1.82) is 0 Å². The Bertz CT molecular complexity index is 2030. The van der Waals surface area contributed by atoms with Gasteiger partial charge in [0.2, 0.25) is 47.3 Å². The van der Waals surface area contributed by atoms with Gasteiger partial charge < -0.3 is 77.9 Å². The van der Waals surface area contributed by atoms with E-state index < -0.39 is 140 Å². The molecule has 0 spiro atoms. The molecule has 0 aliphatic carbocycles. The summed E-state index contributed by atoms with van der Waals surface area (Å²) in [7, 11) is 0. The zero-order valence-electron chi connectivity index (χ0n) is 42.5. The van der Waals surface area contributed by atoms with E-state index in [4.69, 9.17) is 5.73 Å². The van der Waals surface area contributed by atoms with E-state index in [0.29, 0.717) is 18.3 Å². The summed E-state index contributed by atoms with van der Waals surface area (Å²) < 4.78 is 0. The van der Waals surface area contributed by atoms with Crippen molar-refractivity contribution in [1.82, 2.24) is 36.4 Å². The van der Waals surface area contributed by atoms with E-state index in [1.54, 1.807) is 0 Å². The Morgan fingerprint density at radius 3 is 2.03 bits per heavy atom. The third-order valence-electron chi connectivity index (χ3n) is 14.1. The number of primary amides is 1. The molecule has 0 aromatic heterocycles. The number of phenols is 1. The number of aliphatic hydroxyl groups excluding tert-OH is 6. The lowest BCUT2D eigenvalue weighted by Crippen LogP contribution is -2.64. The smallest absolute Gasteiger partial charge is 0.248 e. The number of fused-ring (bicyclic) bond motifs is 2. The molecule has 1 aromatic rings. The largest absolute Gasteiger partial charge is 0.508 e. The van der Waals surface area contributed by atoms with Crippen molar-refractivity contribution in [2.24, 2.45) is 17.6 Å². The number of amides is 8. The Labute approximate surface area is 426 Å². The van der Waals surface area contributed by atoms with Crippen LogP contribution in [0.15, 0.2) is 24.3 Å². The van der Waals surface area contributed by atoms with Gasteiger partial charge in [0.1, 0.15) is 54.2 Å². The Kier molecular flexibility index (Phi) is 23.7. The maximum Gasteiger partial charge on any atom is 0.248 e. The molecule has 1 aromatic carbocycles. The molecule has 3 fully saturated rings. The third kappa shape index (κ3) is 17.6. The normalized spacial score (nSPS) is 27.4. The first kappa shape index (κ1) is 60.1. The zero-order chi connectivity index (χ0) is 54.1. The summed E-state index contributed by atoms with van der Waals surface area (Å²) in [5.74, 6) is -7.14. The molecular weight excluding hydrogens is 953 g/mol. The number of carbonyl (C=O) groups is 8. The topological polar surface area (TPSA) is 371 Å². The fourth-order valence-electron chi connectivity index (χ4n) is 9.76. The fourth-order valence-corrected chi connectivity index (χ4v) is 9.76. The summed E-state index contributed by atoms with van der Waals surface area (Å²) in [5, 5.41) is 89.0. The molecule has 3 saturated heterocycles. The average molecular weight is 1030 g/mol. The number of aromatic hydroxyl groups is 1. The molecule has 3 heterocycles. The van der Waals surface area contributed by atoms with E-state index in [2.05, 4.69) is 47.4 Å². The highest BCUT2D eigenvalue weighted by molar-refractivity contribution is 5.98. The molecule has 3 aliphatic rings. The molecule has 14 atom stereocenters. The number of nitrogens with two attached hydrogens (primary N) is 1. The second kappa shape index (κ2) is 28.8. The average Bonchev–Trinajstić information content (AvgIpc) is 3.93. The predicted molar refractivity (Wildman–Crippen MR) is 263 cm³/mol. The van der Waals surface area contributed by atoms with Crippen molar-refractivity contribution in [3.8, 4) is 5.75 Å². The van der Waals surface area contributed by atoms with E-state index in [1.807, 2.05) is 0 Å². The molecule has 73 heavy (non-hydrogen) atoms. The number of hydrogen-bond acceptors (Lipinski definition) is 15. The van der Waals surface area contributed by atoms with Crippen molar-refractivity contribution < 1.29 is 74.1 Å². The van der Waals surface area contributed by atoms with Crippen LogP contribution in [0.4, 0.5) is 0 Å². The molecule has 3 aliphatic heterocycles. The van der Waals surface area contributed by atoms with Gasteiger partial charge in [0.15, 0.2) is 0 Å². The molecule has 4 rings (SSSR count). The quantitative estimate of drug-likeness (QED) is 0.0653. The lowest BCUT2D eigenvalue weighted by atomic mass is 9.91.